The Kier molecular flexibility index (Phi) is 8.89. The van der Waals surface area contributed by atoms with E-state index in [4.69, 9.17) is 9.15 Å². The van der Waals surface area contributed by atoms with Gasteiger partial charge < -0.3 is 19.8 Å². The zero-order chi connectivity index (χ0) is 28.9. The summed E-state index contributed by atoms with van der Waals surface area (Å²) in [6.45, 7) is 6.13. The molecule has 214 valence electrons. The highest BCUT2D eigenvalue weighted by Crippen LogP contribution is 2.39. The van der Waals surface area contributed by atoms with Gasteiger partial charge in [-0.1, -0.05) is 23.9 Å². The van der Waals surface area contributed by atoms with Gasteiger partial charge in [0.1, 0.15) is 5.00 Å². The normalized spacial score (nSPS) is 12.6. The van der Waals surface area contributed by atoms with Crippen molar-refractivity contribution in [2.24, 2.45) is 0 Å². The Bertz CT molecular complexity index is 1570. The number of anilines is 1. The van der Waals surface area contributed by atoms with Crippen molar-refractivity contribution in [3.05, 3.63) is 75.3 Å². The molecule has 0 saturated carbocycles. The van der Waals surface area contributed by atoms with Crippen molar-refractivity contribution in [2.75, 3.05) is 17.7 Å². The fourth-order valence-electron chi connectivity index (χ4n) is 4.73. The highest BCUT2D eigenvalue weighted by molar-refractivity contribution is 7.99. The van der Waals surface area contributed by atoms with Gasteiger partial charge in [-0.15, -0.1) is 21.5 Å². The van der Waals surface area contributed by atoms with Crippen LogP contribution in [0.2, 0.25) is 0 Å². The van der Waals surface area contributed by atoms with E-state index in [1.165, 1.54) is 29.4 Å². The van der Waals surface area contributed by atoms with Crippen LogP contribution >= 0.6 is 23.1 Å². The molecule has 0 fully saturated rings. The van der Waals surface area contributed by atoms with Gasteiger partial charge in [-0.3, -0.25) is 14.2 Å². The number of nitrogens with one attached hydrogen (secondary N) is 2. The second-order valence-electron chi connectivity index (χ2n) is 9.66. The third-order valence-electron chi connectivity index (χ3n) is 6.69. The average molecular weight is 594 g/mol. The summed E-state index contributed by atoms with van der Waals surface area (Å²) in [5.41, 5.74) is 4.38. The zero-order valence-electron chi connectivity index (χ0n) is 23.1. The molecule has 0 unspecified atom stereocenters. The van der Waals surface area contributed by atoms with Crippen LogP contribution in [-0.4, -0.2) is 44.9 Å². The molecule has 0 aliphatic heterocycles. The lowest BCUT2D eigenvalue weighted by Gasteiger charge is -2.14. The fourth-order valence-corrected chi connectivity index (χ4v) is 6.79. The van der Waals surface area contributed by atoms with Crippen molar-refractivity contribution in [3.63, 3.8) is 0 Å². The second-order valence-corrected chi connectivity index (χ2v) is 11.7. The summed E-state index contributed by atoms with van der Waals surface area (Å²) >= 11 is 2.69. The first-order valence-electron chi connectivity index (χ1n) is 13.4. The molecule has 0 bridgehead atoms. The molecule has 4 aromatic rings. The number of fused-ring (bicyclic) bond motifs is 1. The summed E-state index contributed by atoms with van der Waals surface area (Å²) in [5.74, 6) is -0.265. The van der Waals surface area contributed by atoms with Crippen LogP contribution < -0.4 is 10.6 Å². The number of benzene rings is 1. The maximum Gasteiger partial charge on any atom is 0.341 e. The van der Waals surface area contributed by atoms with Crippen molar-refractivity contribution >= 4 is 45.9 Å². The standard InChI is InChI=1S/C29H31N5O5S2/c1-4-38-28(37)25-19-8-5-6-10-22(19)41-27(25)31-24(35)16-40-29-33-32-23(15-30-26(36)21-9-7-13-39-21)34(29)20-14-17(2)11-12-18(20)3/h7,9,11-14H,4-6,8,10,15-16H2,1-3H3,(H,30,36)(H,31,35). The van der Waals surface area contributed by atoms with Crippen LogP contribution in [0, 0.1) is 13.8 Å². The van der Waals surface area contributed by atoms with Crippen LogP contribution in [0.15, 0.2) is 46.2 Å². The number of hydrogen-bond acceptors (Lipinski definition) is 9. The molecule has 2 amide bonds. The maximum atomic E-state index is 13.2. The molecule has 0 radical (unpaired) electrons. The first-order valence-corrected chi connectivity index (χ1v) is 15.2. The average Bonchev–Trinajstić information content (AvgIpc) is 3.71. The summed E-state index contributed by atoms with van der Waals surface area (Å²) in [4.78, 5) is 39.5. The summed E-state index contributed by atoms with van der Waals surface area (Å²) in [6.07, 6.45) is 5.22. The first-order chi connectivity index (χ1) is 19.9. The minimum Gasteiger partial charge on any atom is -0.462 e. The Hall–Kier alpha value is -3.90. The second kappa shape index (κ2) is 12.7. The van der Waals surface area contributed by atoms with Crippen LogP contribution in [-0.2, 0) is 28.9 Å². The highest BCUT2D eigenvalue weighted by atomic mass is 32.2. The number of aromatic nitrogens is 3. The van der Waals surface area contributed by atoms with Crippen molar-refractivity contribution in [1.29, 1.82) is 0 Å². The van der Waals surface area contributed by atoms with E-state index in [9.17, 15) is 14.4 Å². The largest absolute Gasteiger partial charge is 0.462 e. The third kappa shape index (κ3) is 6.38. The molecule has 0 atom stereocenters. The molecule has 1 aliphatic rings. The summed E-state index contributed by atoms with van der Waals surface area (Å²) in [7, 11) is 0. The number of esters is 1. The van der Waals surface area contributed by atoms with Crippen LogP contribution in [0.3, 0.4) is 0 Å². The van der Waals surface area contributed by atoms with Gasteiger partial charge in [0.25, 0.3) is 5.91 Å². The lowest BCUT2D eigenvalue weighted by Crippen LogP contribution is -2.24. The van der Waals surface area contributed by atoms with Crippen molar-refractivity contribution < 1.29 is 23.5 Å². The van der Waals surface area contributed by atoms with Crippen molar-refractivity contribution in [1.82, 2.24) is 20.1 Å². The van der Waals surface area contributed by atoms with Gasteiger partial charge in [-0.05, 0) is 81.3 Å². The Morgan fingerprint density at radius 1 is 1.15 bits per heavy atom. The number of amides is 2. The Morgan fingerprint density at radius 3 is 2.76 bits per heavy atom. The molecule has 1 aliphatic carbocycles. The number of rotatable bonds is 10. The van der Waals surface area contributed by atoms with E-state index in [-0.39, 0.29) is 36.5 Å². The van der Waals surface area contributed by atoms with E-state index in [2.05, 4.69) is 20.8 Å². The molecule has 41 heavy (non-hydrogen) atoms. The topological polar surface area (TPSA) is 128 Å². The summed E-state index contributed by atoms with van der Waals surface area (Å²) in [6, 6.07) is 9.27. The van der Waals surface area contributed by atoms with Gasteiger partial charge >= 0.3 is 5.97 Å². The molecular weight excluding hydrogens is 562 g/mol. The SMILES string of the molecule is CCOC(=O)c1c(NC(=O)CSc2nnc(CNC(=O)c3ccco3)n2-c2cc(C)ccc2C)sc2c1CCCC2. The van der Waals surface area contributed by atoms with E-state index in [1.54, 1.807) is 19.1 Å². The minimum atomic E-state index is -0.397. The molecular formula is C29H31N5O5S2. The van der Waals surface area contributed by atoms with E-state index in [0.29, 0.717) is 21.5 Å². The molecule has 3 heterocycles. The number of carbonyl (C=O) groups excluding carboxylic acids is 3. The lowest BCUT2D eigenvalue weighted by atomic mass is 9.95. The number of nitrogens with zero attached hydrogens (tertiary/aromatic N) is 3. The molecule has 10 nitrogen and oxygen atoms in total. The number of carbonyl (C=O) groups is 3. The Morgan fingerprint density at radius 2 is 1.98 bits per heavy atom. The summed E-state index contributed by atoms with van der Waals surface area (Å²) in [5, 5.41) is 15.5. The number of thioether (sulfide) groups is 1. The molecule has 3 aromatic heterocycles. The van der Waals surface area contributed by atoms with Crippen molar-refractivity contribution in [2.45, 2.75) is 58.2 Å². The molecule has 1 aromatic carbocycles. The van der Waals surface area contributed by atoms with E-state index in [0.717, 1.165) is 52.9 Å². The van der Waals surface area contributed by atoms with Gasteiger partial charge in [-0.2, -0.15) is 0 Å². The molecule has 5 rings (SSSR count). The minimum absolute atomic E-state index is 0.0482. The van der Waals surface area contributed by atoms with E-state index >= 15 is 0 Å². The van der Waals surface area contributed by atoms with Crippen LogP contribution in [0.25, 0.3) is 5.69 Å². The smallest absolute Gasteiger partial charge is 0.341 e. The lowest BCUT2D eigenvalue weighted by molar-refractivity contribution is -0.113. The van der Waals surface area contributed by atoms with E-state index in [1.807, 2.05) is 36.6 Å². The number of thiophene rings is 1. The first kappa shape index (κ1) is 28.6. The van der Waals surface area contributed by atoms with E-state index < -0.39 is 5.97 Å². The number of ether oxygens (including phenoxy) is 1. The number of hydrogen-bond donors (Lipinski definition) is 2. The van der Waals surface area contributed by atoms with Gasteiger partial charge in [0.2, 0.25) is 5.91 Å². The monoisotopic (exact) mass is 593 g/mol. The van der Waals surface area contributed by atoms with Gasteiger partial charge in [0.15, 0.2) is 16.7 Å². The maximum absolute atomic E-state index is 13.2. The highest BCUT2D eigenvalue weighted by Gasteiger charge is 2.27. The third-order valence-corrected chi connectivity index (χ3v) is 8.83. The molecule has 0 saturated heterocycles. The van der Waals surface area contributed by atoms with Crippen LogP contribution in [0.1, 0.15) is 68.1 Å². The predicted molar refractivity (Wildman–Crippen MR) is 157 cm³/mol. The molecule has 0 spiro atoms. The van der Waals surface area contributed by atoms with Crippen molar-refractivity contribution in [3.8, 4) is 5.69 Å². The predicted octanol–water partition coefficient (Wildman–Crippen LogP) is 5.25. The summed E-state index contributed by atoms with van der Waals surface area (Å²) < 4.78 is 12.4. The zero-order valence-corrected chi connectivity index (χ0v) is 24.7. The molecule has 12 heteroatoms. The van der Waals surface area contributed by atoms with Gasteiger partial charge in [0, 0.05) is 4.88 Å². The quantitative estimate of drug-likeness (QED) is 0.188. The fraction of sp³-hybridized carbons (Fsp3) is 0.345. The Balaban J connectivity index is 1.36. The van der Waals surface area contributed by atoms with Crippen LogP contribution in [0.4, 0.5) is 5.00 Å². The number of aryl methyl sites for hydroxylation is 3. The van der Waals surface area contributed by atoms with Gasteiger partial charge in [-0.25, -0.2) is 4.79 Å². The number of furan rings is 1. The molecule has 2 N–H and O–H groups in total. The van der Waals surface area contributed by atoms with Gasteiger partial charge in [0.05, 0.1) is 36.4 Å². The Labute approximate surface area is 245 Å². The van der Waals surface area contributed by atoms with Crippen LogP contribution in [0.5, 0.6) is 0 Å².